The van der Waals surface area contributed by atoms with E-state index in [0.29, 0.717) is 32.2 Å². The molecule has 0 unspecified atom stereocenters. The van der Waals surface area contributed by atoms with Crippen molar-refractivity contribution in [2.45, 2.75) is 58.4 Å². The van der Waals surface area contributed by atoms with Gasteiger partial charge in [0.1, 0.15) is 0 Å². The van der Waals surface area contributed by atoms with Gasteiger partial charge in [-0.1, -0.05) is 13.8 Å². The molecule has 0 bridgehead atoms. The molecular weight excluding hydrogens is 272 g/mol. The average Bonchev–Trinajstić information content (AvgIpc) is 2.50. The van der Waals surface area contributed by atoms with E-state index < -0.39 is 5.97 Å². The van der Waals surface area contributed by atoms with E-state index in [2.05, 4.69) is 10.6 Å². The molecule has 1 aliphatic carbocycles. The highest BCUT2D eigenvalue weighted by Crippen LogP contribution is 2.25. The summed E-state index contributed by atoms with van der Waals surface area (Å²) in [6.07, 6.45) is 4.26. The van der Waals surface area contributed by atoms with Gasteiger partial charge in [-0.05, 0) is 38.5 Å². The average molecular weight is 300 g/mol. The summed E-state index contributed by atoms with van der Waals surface area (Å²) in [7, 11) is 0. The fourth-order valence-electron chi connectivity index (χ4n) is 2.77. The van der Waals surface area contributed by atoms with E-state index in [1.807, 2.05) is 13.8 Å². The van der Waals surface area contributed by atoms with Gasteiger partial charge in [0.15, 0.2) is 0 Å². The van der Waals surface area contributed by atoms with Crippen LogP contribution in [0, 0.1) is 11.3 Å². The van der Waals surface area contributed by atoms with Crippen LogP contribution in [0.2, 0.25) is 0 Å². The minimum Gasteiger partial charge on any atom is -0.481 e. The van der Waals surface area contributed by atoms with Crippen LogP contribution in [0.3, 0.4) is 0 Å². The van der Waals surface area contributed by atoms with Gasteiger partial charge >= 0.3 is 12.0 Å². The van der Waals surface area contributed by atoms with Crippen LogP contribution >= 0.6 is 0 Å². The van der Waals surface area contributed by atoms with Crippen molar-refractivity contribution in [2.75, 3.05) is 13.2 Å². The Balaban J connectivity index is 2.33. The Labute approximate surface area is 126 Å². The maximum absolute atomic E-state index is 11.9. The van der Waals surface area contributed by atoms with E-state index >= 15 is 0 Å². The van der Waals surface area contributed by atoms with Crippen molar-refractivity contribution in [3.63, 3.8) is 0 Å². The van der Waals surface area contributed by atoms with E-state index in [4.69, 9.17) is 5.11 Å². The molecule has 0 spiro atoms. The Kier molecular flexibility index (Phi) is 6.95. The number of carbonyl (C=O) groups is 2. The summed E-state index contributed by atoms with van der Waals surface area (Å²) in [5.74, 6) is -1.01. The summed E-state index contributed by atoms with van der Waals surface area (Å²) in [6, 6.07) is -0.180. The number of nitrogens with one attached hydrogen (secondary N) is 2. The quantitative estimate of drug-likeness (QED) is 0.575. The van der Waals surface area contributed by atoms with Gasteiger partial charge in [0.2, 0.25) is 0 Å². The number of amides is 2. The van der Waals surface area contributed by atoms with E-state index in [9.17, 15) is 14.7 Å². The van der Waals surface area contributed by atoms with Crippen molar-refractivity contribution < 1.29 is 19.8 Å². The number of aliphatic carboxylic acids is 1. The standard InChI is InChI=1S/C15H28N2O4/c1-3-15(4-2,10-18)9-16-14(21)17-12-7-5-11(6-8-12)13(19)20/h11-12,18H,3-10H2,1-2H3,(H,19,20)(H2,16,17,21). The number of rotatable bonds is 7. The predicted molar refractivity (Wildman–Crippen MR) is 80.0 cm³/mol. The summed E-state index contributed by atoms with van der Waals surface area (Å²) < 4.78 is 0. The van der Waals surface area contributed by atoms with Crippen molar-refractivity contribution >= 4 is 12.0 Å². The summed E-state index contributed by atoms with van der Waals surface area (Å²) >= 11 is 0. The van der Waals surface area contributed by atoms with Crippen LogP contribution in [0.4, 0.5) is 4.79 Å². The molecule has 0 aromatic heterocycles. The zero-order valence-electron chi connectivity index (χ0n) is 13.0. The number of urea groups is 1. The minimum absolute atomic E-state index is 0.0485. The first-order chi connectivity index (χ1) is 9.96. The van der Waals surface area contributed by atoms with E-state index in [0.717, 1.165) is 12.8 Å². The van der Waals surface area contributed by atoms with Crippen LogP contribution in [0.5, 0.6) is 0 Å². The normalized spacial score (nSPS) is 22.6. The SMILES string of the molecule is CCC(CC)(CO)CNC(=O)NC1CCC(C(=O)O)CC1. The second kappa shape index (κ2) is 8.22. The van der Waals surface area contributed by atoms with Gasteiger partial charge in [0, 0.05) is 18.0 Å². The van der Waals surface area contributed by atoms with Gasteiger partial charge in [0.25, 0.3) is 0 Å². The molecule has 4 N–H and O–H groups in total. The molecule has 2 amide bonds. The van der Waals surface area contributed by atoms with Crippen LogP contribution < -0.4 is 10.6 Å². The number of aliphatic hydroxyl groups excluding tert-OH is 1. The first-order valence-corrected chi connectivity index (χ1v) is 7.84. The first-order valence-electron chi connectivity index (χ1n) is 7.84. The lowest BCUT2D eigenvalue weighted by Gasteiger charge is -2.31. The highest BCUT2D eigenvalue weighted by atomic mass is 16.4. The first kappa shape index (κ1) is 17.8. The zero-order chi connectivity index (χ0) is 15.9. The predicted octanol–water partition coefficient (Wildman–Crippen LogP) is 1.73. The summed E-state index contributed by atoms with van der Waals surface area (Å²) in [5.41, 5.74) is -0.252. The number of hydrogen-bond acceptors (Lipinski definition) is 3. The molecule has 0 atom stereocenters. The highest BCUT2D eigenvalue weighted by molar-refractivity contribution is 5.74. The third kappa shape index (κ3) is 5.19. The van der Waals surface area contributed by atoms with Crippen LogP contribution in [0.1, 0.15) is 52.4 Å². The monoisotopic (exact) mass is 300 g/mol. The maximum Gasteiger partial charge on any atom is 0.315 e. The highest BCUT2D eigenvalue weighted by Gasteiger charge is 2.28. The Bertz CT molecular complexity index is 339. The molecule has 1 aliphatic rings. The van der Waals surface area contributed by atoms with E-state index in [-0.39, 0.29) is 30.0 Å². The van der Waals surface area contributed by atoms with Crippen molar-refractivity contribution in [2.24, 2.45) is 11.3 Å². The van der Waals surface area contributed by atoms with Gasteiger partial charge in [-0.25, -0.2) is 4.79 Å². The molecule has 0 aliphatic heterocycles. The lowest BCUT2D eigenvalue weighted by molar-refractivity contribution is -0.142. The molecule has 122 valence electrons. The van der Waals surface area contributed by atoms with Crippen LogP contribution in [0.25, 0.3) is 0 Å². The molecule has 0 aromatic carbocycles. The van der Waals surface area contributed by atoms with E-state index in [1.54, 1.807) is 0 Å². The van der Waals surface area contributed by atoms with Gasteiger partial charge in [-0.15, -0.1) is 0 Å². The lowest BCUT2D eigenvalue weighted by Crippen LogP contribution is -2.48. The largest absolute Gasteiger partial charge is 0.481 e. The summed E-state index contributed by atoms with van der Waals surface area (Å²) in [5, 5.41) is 24.1. The van der Waals surface area contributed by atoms with Crippen molar-refractivity contribution in [3.8, 4) is 0 Å². The van der Waals surface area contributed by atoms with Crippen LogP contribution in [-0.2, 0) is 4.79 Å². The Morgan fingerprint density at radius 3 is 2.14 bits per heavy atom. The molecule has 0 aromatic rings. The van der Waals surface area contributed by atoms with Crippen LogP contribution in [0.15, 0.2) is 0 Å². The fraction of sp³-hybridized carbons (Fsp3) is 0.867. The second-order valence-corrected chi connectivity index (χ2v) is 6.08. The van der Waals surface area contributed by atoms with E-state index in [1.165, 1.54) is 0 Å². The molecule has 0 saturated heterocycles. The van der Waals surface area contributed by atoms with Gasteiger partial charge < -0.3 is 20.8 Å². The number of carboxylic acids is 1. The second-order valence-electron chi connectivity index (χ2n) is 6.08. The van der Waals surface area contributed by atoms with Crippen LogP contribution in [-0.4, -0.2) is 41.4 Å². The maximum atomic E-state index is 11.9. The molecular formula is C15H28N2O4. The number of aliphatic hydroxyl groups is 1. The minimum atomic E-state index is -0.739. The molecule has 0 radical (unpaired) electrons. The third-order valence-electron chi connectivity index (χ3n) is 4.87. The van der Waals surface area contributed by atoms with Gasteiger partial charge in [-0.3, -0.25) is 4.79 Å². The van der Waals surface area contributed by atoms with Crippen molar-refractivity contribution in [1.82, 2.24) is 10.6 Å². The number of carbonyl (C=O) groups excluding carboxylic acids is 1. The topological polar surface area (TPSA) is 98.7 Å². The Morgan fingerprint density at radius 1 is 1.14 bits per heavy atom. The third-order valence-corrected chi connectivity index (χ3v) is 4.87. The number of carboxylic acid groups (broad SMARTS) is 1. The Morgan fingerprint density at radius 2 is 1.71 bits per heavy atom. The number of hydrogen-bond donors (Lipinski definition) is 4. The summed E-state index contributed by atoms with van der Waals surface area (Å²) in [6.45, 7) is 4.52. The van der Waals surface area contributed by atoms with Crippen molar-refractivity contribution in [1.29, 1.82) is 0 Å². The molecule has 6 heteroatoms. The van der Waals surface area contributed by atoms with Crippen molar-refractivity contribution in [3.05, 3.63) is 0 Å². The molecule has 0 heterocycles. The van der Waals surface area contributed by atoms with Gasteiger partial charge in [-0.2, -0.15) is 0 Å². The van der Waals surface area contributed by atoms with Gasteiger partial charge in [0.05, 0.1) is 12.5 Å². The molecule has 21 heavy (non-hydrogen) atoms. The molecule has 1 rings (SSSR count). The lowest BCUT2D eigenvalue weighted by atomic mass is 9.83. The smallest absolute Gasteiger partial charge is 0.315 e. The summed E-state index contributed by atoms with van der Waals surface area (Å²) in [4.78, 5) is 22.8. The molecule has 6 nitrogen and oxygen atoms in total. The molecule has 1 saturated carbocycles. The molecule has 1 fully saturated rings. The zero-order valence-corrected chi connectivity index (χ0v) is 13.0. The fourth-order valence-corrected chi connectivity index (χ4v) is 2.77. The Hall–Kier alpha value is -1.30.